The van der Waals surface area contributed by atoms with Crippen molar-refractivity contribution in [2.75, 3.05) is 11.8 Å². The van der Waals surface area contributed by atoms with E-state index in [0.29, 0.717) is 48.8 Å². The summed E-state index contributed by atoms with van der Waals surface area (Å²) in [4.78, 5) is 48.7. The smallest absolute Gasteiger partial charge is 0.300 e. The molecule has 0 aliphatic rings. The largest absolute Gasteiger partial charge is 0.328 e. The van der Waals surface area contributed by atoms with Gasteiger partial charge in [0, 0.05) is 48.4 Å². The van der Waals surface area contributed by atoms with E-state index in [2.05, 4.69) is 9.97 Å². The van der Waals surface area contributed by atoms with Crippen LogP contribution >= 0.6 is 23.2 Å². The number of aromatic amines is 2. The van der Waals surface area contributed by atoms with Gasteiger partial charge < -0.3 is 9.13 Å². The number of aromatic nitrogens is 4. The number of nitrogens with zero attached hydrogens (tertiary/aromatic N) is 2. The average Bonchev–Trinajstić information content (AvgIpc) is 2.59. The Balaban J connectivity index is 0.000000260. The van der Waals surface area contributed by atoms with E-state index >= 15 is 0 Å². The third-order valence-electron chi connectivity index (χ3n) is 3.44. The molecule has 0 aliphatic heterocycles. The monoisotopic (exact) mass is 404 g/mol. The van der Waals surface area contributed by atoms with Crippen molar-refractivity contribution in [3.05, 3.63) is 65.2 Å². The molecule has 8 nitrogen and oxygen atoms in total. The third kappa shape index (κ3) is 6.68. The maximum Gasteiger partial charge on any atom is 0.328 e. The van der Waals surface area contributed by atoms with Crippen molar-refractivity contribution in [3.8, 4) is 0 Å². The number of hydrogen-bond donors (Lipinski definition) is 2. The third-order valence-corrected chi connectivity index (χ3v) is 3.98. The number of nitrogens with one attached hydrogen (secondary N) is 2. The maximum atomic E-state index is 11.2. The van der Waals surface area contributed by atoms with Crippen molar-refractivity contribution in [2.45, 2.75) is 39.8 Å². The predicted molar refractivity (Wildman–Crippen MR) is 103 cm³/mol. The molecule has 144 valence electrons. The van der Waals surface area contributed by atoms with Gasteiger partial charge in [0.2, 0.25) is 0 Å². The van der Waals surface area contributed by atoms with E-state index in [9.17, 15) is 19.2 Å². The van der Waals surface area contributed by atoms with Gasteiger partial charge in [-0.05, 0) is 26.7 Å². The summed E-state index contributed by atoms with van der Waals surface area (Å²) in [6, 6.07) is 0. The molecule has 0 fully saturated rings. The van der Waals surface area contributed by atoms with Gasteiger partial charge in [-0.1, -0.05) is 0 Å². The Morgan fingerprint density at radius 1 is 0.769 bits per heavy atom. The number of hydrogen-bond acceptors (Lipinski definition) is 4. The van der Waals surface area contributed by atoms with E-state index in [-0.39, 0.29) is 22.5 Å². The van der Waals surface area contributed by atoms with Crippen LogP contribution in [0.4, 0.5) is 0 Å². The first-order chi connectivity index (χ1) is 12.3. The topological polar surface area (TPSA) is 110 Å². The van der Waals surface area contributed by atoms with E-state index in [1.54, 1.807) is 26.2 Å². The molecular weight excluding hydrogens is 383 g/mol. The molecule has 0 atom stereocenters. The quantitative estimate of drug-likeness (QED) is 0.698. The van der Waals surface area contributed by atoms with Gasteiger partial charge >= 0.3 is 11.4 Å². The first kappa shape index (κ1) is 22.0. The lowest BCUT2D eigenvalue weighted by molar-refractivity contribution is 0.630. The van der Waals surface area contributed by atoms with E-state index in [4.69, 9.17) is 23.2 Å². The fourth-order valence-corrected chi connectivity index (χ4v) is 2.27. The van der Waals surface area contributed by atoms with Gasteiger partial charge in [-0.2, -0.15) is 0 Å². The zero-order chi connectivity index (χ0) is 19.7. The van der Waals surface area contributed by atoms with E-state index in [1.165, 1.54) is 9.13 Å². The number of H-pyrrole nitrogens is 2. The highest BCUT2D eigenvalue weighted by Crippen LogP contribution is 1.91. The first-order valence-corrected chi connectivity index (χ1v) is 9.09. The molecule has 0 radical (unpaired) electrons. The molecule has 2 N–H and O–H groups in total. The van der Waals surface area contributed by atoms with E-state index in [0.717, 1.165) is 0 Å². The molecule has 2 heterocycles. The van der Waals surface area contributed by atoms with Crippen molar-refractivity contribution in [1.82, 2.24) is 19.1 Å². The molecule has 0 unspecified atom stereocenters. The minimum absolute atomic E-state index is 0.327. The summed E-state index contributed by atoms with van der Waals surface area (Å²) in [6.07, 6.45) is 4.53. The highest BCUT2D eigenvalue weighted by Gasteiger charge is 2.00. The Hall–Kier alpha value is -2.06. The van der Waals surface area contributed by atoms with Crippen molar-refractivity contribution in [2.24, 2.45) is 0 Å². The van der Waals surface area contributed by atoms with Crippen LogP contribution in [0.25, 0.3) is 0 Å². The molecule has 0 bridgehead atoms. The van der Waals surface area contributed by atoms with Crippen LogP contribution in [-0.4, -0.2) is 30.9 Å². The highest BCUT2D eigenvalue weighted by molar-refractivity contribution is 6.18. The molecule has 10 heteroatoms. The maximum absolute atomic E-state index is 11.2. The molecule has 2 aromatic rings. The molecule has 2 rings (SSSR count). The predicted octanol–water partition coefficient (Wildman–Crippen LogP) is 0.948. The van der Waals surface area contributed by atoms with Crippen molar-refractivity contribution >= 4 is 23.2 Å². The van der Waals surface area contributed by atoms with Gasteiger partial charge in [0.15, 0.2) is 0 Å². The van der Waals surface area contributed by atoms with E-state index < -0.39 is 0 Å². The van der Waals surface area contributed by atoms with Gasteiger partial charge in [-0.25, -0.2) is 9.59 Å². The lowest BCUT2D eigenvalue weighted by Crippen LogP contribution is -2.30. The van der Waals surface area contributed by atoms with Crippen LogP contribution in [0, 0.1) is 13.8 Å². The van der Waals surface area contributed by atoms with Gasteiger partial charge in [0.1, 0.15) is 0 Å². The molecule has 0 aliphatic carbocycles. The Morgan fingerprint density at radius 3 is 1.42 bits per heavy atom. The second-order valence-corrected chi connectivity index (χ2v) is 6.37. The number of alkyl halides is 2. The average molecular weight is 405 g/mol. The van der Waals surface area contributed by atoms with Crippen molar-refractivity contribution in [3.63, 3.8) is 0 Å². The van der Waals surface area contributed by atoms with Gasteiger partial charge in [0.05, 0.1) is 0 Å². The number of halogens is 2. The zero-order valence-corrected chi connectivity index (χ0v) is 16.2. The lowest BCUT2D eigenvalue weighted by atomic mass is 10.4. The fraction of sp³-hybridized carbons (Fsp3) is 0.500. The van der Waals surface area contributed by atoms with Gasteiger partial charge in [-0.15, -0.1) is 23.2 Å². The van der Waals surface area contributed by atoms with Crippen LogP contribution < -0.4 is 22.5 Å². The lowest BCUT2D eigenvalue weighted by Gasteiger charge is -2.03. The zero-order valence-electron chi connectivity index (χ0n) is 14.7. The molecule has 2 aromatic heterocycles. The van der Waals surface area contributed by atoms with Gasteiger partial charge in [-0.3, -0.25) is 19.6 Å². The standard InChI is InChI=1S/2C8H11ClN2O2/c2*1-6-5-11(4-2-3-9)8(13)10-7(6)12/h2*5H,2-4H2,1H3,(H,10,12,13). The molecule has 0 saturated heterocycles. The molecule has 0 saturated carbocycles. The molecule has 0 aromatic carbocycles. The number of rotatable bonds is 6. The van der Waals surface area contributed by atoms with Crippen LogP contribution in [0.3, 0.4) is 0 Å². The normalized spacial score (nSPS) is 10.3. The molecular formula is C16H22Cl2N4O4. The Labute approximate surface area is 159 Å². The second-order valence-electron chi connectivity index (χ2n) is 5.61. The first-order valence-electron chi connectivity index (χ1n) is 8.02. The van der Waals surface area contributed by atoms with Crippen LogP contribution in [0.5, 0.6) is 0 Å². The Bertz CT molecular complexity index is 865. The summed E-state index contributed by atoms with van der Waals surface area (Å²) in [5.41, 5.74) is -0.330. The molecule has 0 amide bonds. The second kappa shape index (κ2) is 10.8. The van der Waals surface area contributed by atoms with E-state index in [1.807, 2.05) is 0 Å². The highest BCUT2D eigenvalue weighted by atomic mass is 35.5. The fourth-order valence-electron chi connectivity index (χ4n) is 2.03. The van der Waals surface area contributed by atoms with Crippen LogP contribution in [-0.2, 0) is 13.1 Å². The van der Waals surface area contributed by atoms with Crippen LogP contribution in [0.2, 0.25) is 0 Å². The summed E-state index contributed by atoms with van der Waals surface area (Å²) in [7, 11) is 0. The summed E-state index contributed by atoms with van der Waals surface area (Å²) in [5, 5.41) is 0. The Kier molecular flexibility index (Phi) is 9.15. The number of aryl methyl sites for hydroxylation is 4. The summed E-state index contributed by atoms with van der Waals surface area (Å²) in [5.74, 6) is 1.01. The minimum Gasteiger partial charge on any atom is -0.300 e. The SMILES string of the molecule is Cc1cn(CCCCl)c(=O)[nH]c1=O.Cc1cn(CCCCl)c(=O)[nH]c1=O. The summed E-state index contributed by atoms with van der Waals surface area (Å²) >= 11 is 11.0. The Morgan fingerprint density at radius 2 is 1.12 bits per heavy atom. The minimum atomic E-state index is -0.374. The molecule has 26 heavy (non-hydrogen) atoms. The van der Waals surface area contributed by atoms with Crippen molar-refractivity contribution < 1.29 is 0 Å². The van der Waals surface area contributed by atoms with Crippen molar-refractivity contribution in [1.29, 1.82) is 0 Å². The molecule has 0 spiro atoms. The van der Waals surface area contributed by atoms with Gasteiger partial charge in [0.25, 0.3) is 11.1 Å². The van der Waals surface area contributed by atoms with Crippen LogP contribution in [0.1, 0.15) is 24.0 Å². The van der Waals surface area contributed by atoms with Crippen LogP contribution in [0.15, 0.2) is 31.6 Å². The summed E-state index contributed by atoms with van der Waals surface area (Å²) < 4.78 is 2.91. The summed E-state index contributed by atoms with van der Waals surface area (Å²) in [6.45, 7) is 4.41.